The van der Waals surface area contributed by atoms with Crippen LogP contribution in [-0.2, 0) is 16.6 Å². The Morgan fingerprint density at radius 3 is 2.33 bits per heavy atom. The molecular formula is C23H24N2O4S. The van der Waals surface area contributed by atoms with Crippen molar-refractivity contribution in [2.24, 2.45) is 5.10 Å². The van der Waals surface area contributed by atoms with Crippen LogP contribution in [0.3, 0.4) is 0 Å². The Morgan fingerprint density at radius 2 is 1.67 bits per heavy atom. The third-order valence-corrected chi connectivity index (χ3v) is 6.12. The van der Waals surface area contributed by atoms with E-state index in [0.29, 0.717) is 23.7 Å². The fraction of sp³-hybridized carbons (Fsp3) is 0.174. The van der Waals surface area contributed by atoms with Crippen molar-refractivity contribution >= 4 is 16.2 Å². The molecule has 0 aliphatic rings. The number of sulfonamides is 1. The van der Waals surface area contributed by atoms with Gasteiger partial charge in [0.25, 0.3) is 10.0 Å². The van der Waals surface area contributed by atoms with E-state index >= 15 is 0 Å². The number of hydrogen-bond donors (Lipinski definition) is 0. The van der Waals surface area contributed by atoms with E-state index in [1.807, 2.05) is 37.3 Å². The van der Waals surface area contributed by atoms with E-state index in [1.165, 1.54) is 13.3 Å². The number of aryl methyl sites for hydroxylation is 1. The van der Waals surface area contributed by atoms with Crippen molar-refractivity contribution in [2.75, 3.05) is 14.2 Å². The summed E-state index contributed by atoms with van der Waals surface area (Å²) in [7, 11) is -0.751. The molecule has 0 heterocycles. The summed E-state index contributed by atoms with van der Waals surface area (Å²) >= 11 is 0. The molecule has 0 atom stereocenters. The van der Waals surface area contributed by atoms with E-state index in [1.54, 1.807) is 49.6 Å². The second kappa shape index (κ2) is 9.45. The number of rotatable bonds is 8. The number of hydrazone groups is 1. The molecule has 3 rings (SSSR count). The summed E-state index contributed by atoms with van der Waals surface area (Å²) in [4.78, 5) is 0.190. The summed E-state index contributed by atoms with van der Waals surface area (Å²) in [6, 6.07) is 21.8. The van der Waals surface area contributed by atoms with Gasteiger partial charge in [-0.2, -0.15) is 17.9 Å². The van der Waals surface area contributed by atoms with Gasteiger partial charge >= 0.3 is 0 Å². The Morgan fingerprint density at radius 1 is 0.967 bits per heavy atom. The largest absolute Gasteiger partial charge is 0.493 e. The summed E-state index contributed by atoms with van der Waals surface area (Å²) in [5.41, 5.74) is 2.72. The molecule has 0 saturated carbocycles. The highest BCUT2D eigenvalue weighted by Crippen LogP contribution is 2.28. The van der Waals surface area contributed by atoms with Gasteiger partial charge in [0.1, 0.15) is 6.61 Å². The predicted octanol–water partition coefficient (Wildman–Crippen LogP) is 4.24. The monoisotopic (exact) mass is 424 g/mol. The SMILES string of the molecule is COc1cc(C=NN(C)S(=O)(=O)c2ccc(C)cc2)ccc1OCc1ccccc1. The Balaban J connectivity index is 1.72. The first-order chi connectivity index (χ1) is 14.4. The van der Waals surface area contributed by atoms with Crippen LogP contribution in [0, 0.1) is 6.92 Å². The van der Waals surface area contributed by atoms with Crippen molar-refractivity contribution in [3.63, 3.8) is 0 Å². The molecule has 0 fully saturated rings. The first kappa shape index (κ1) is 21.4. The fourth-order valence-electron chi connectivity index (χ4n) is 2.69. The molecule has 0 aromatic heterocycles. The first-order valence-electron chi connectivity index (χ1n) is 9.34. The predicted molar refractivity (Wildman–Crippen MR) is 117 cm³/mol. The molecule has 0 spiro atoms. The van der Waals surface area contributed by atoms with E-state index in [9.17, 15) is 8.42 Å². The molecule has 30 heavy (non-hydrogen) atoms. The number of nitrogens with zero attached hydrogens (tertiary/aromatic N) is 2. The first-order valence-corrected chi connectivity index (χ1v) is 10.8. The smallest absolute Gasteiger partial charge is 0.278 e. The Bertz CT molecular complexity index is 1110. The molecule has 0 saturated heterocycles. The lowest BCUT2D eigenvalue weighted by Gasteiger charge is -2.14. The van der Waals surface area contributed by atoms with Crippen molar-refractivity contribution in [3.05, 3.63) is 89.5 Å². The lowest BCUT2D eigenvalue weighted by atomic mass is 10.2. The van der Waals surface area contributed by atoms with Gasteiger partial charge in [0.2, 0.25) is 0 Å². The minimum atomic E-state index is -3.71. The van der Waals surface area contributed by atoms with Crippen LogP contribution < -0.4 is 9.47 Å². The van der Waals surface area contributed by atoms with Crippen molar-refractivity contribution < 1.29 is 17.9 Å². The summed E-state index contributed by atoms with van der Waals surface area (Å²) in [5.74, 6) is 1.14. The number of hydrogen-bond acceptors (Lipinski definition) is 5. The molecule has 3 aromatic carbocycles. The van der Waals surface area contributed by atoms with Crippen LogP contribution in [0.4, 0.5) is 0 Å². The van der Waals surface area contributed by atoms with Crippen LogP contribution in [0.15, 0.2) is 82.8 Å². The average molecular weight is 425 g/mol. The molecule has 0 N–H and O–H groups in total. The maximum atomic E-state index is 12.6. The number of methoxy groups -OCH3 is 1. The van der Waals surface area contributed by atoms with Gasteiger partial charge in [0.05, 0.1) is 18.2 Å². The minimum Gasteiger partial charge on any atom is -0.493 e. The highest BCUT2D eigenvalue weighted by atomic mass is 32.2. The molecule has 0 aliphatic carbocycles. The van der Waals surface area contributed by atoms with Crippen molar-refractivity contribution in [2.45, 2.75) is 18.4 Å². The van der Waals surface area contributed by atoms with Gasteiger partial charge in [-0.25, -0.2) is 0 Å². The fourth-order valence-corrected chi connectivity index (χ4v) is 3.65. The molecule has 0 unspecified atom stereocenters. The maximum Gasteiger partial charge on any atom is 0.278 e. The molecule has 6 nitrogen and oxygen atoms in total. The van der Waals surface area contributed by atoms with Crippen LogP contribution in [0.5, 0.6) is 11.5 Å². The zero-order valence-corrected chi connectivity index (χ0v) is 18.0. The summed E-state index contributed by atoms with van der Waals surface area (Å²) in [6.07, 6.45) is 1.47. The molecule has 0 radical (unpaired) electrons. The van der Waals surface area contributed by atoms with Crippen LogP contribution in [0.1, 0.15) is 16.7 Å². The zero-order chi connectivity index (χ0) is 21.6. The molecule has 7 heteroatoms. The van der Waals surface area contributed by atoms with Crippen molar-refractivity contribution in [1.29, 1.82) is 0 Å². The van der Waals surface area contributed by atoms with E-state index in [2.05, 4.69) is 5.10 Å². The maximum absolute atomic E-state index is 12.6. The van der Waals surface area contributed by atoms with E-state index in [4.69, 9.17) is 9.47 Å². The molecule has 3 aromatic rings. The Kier molecular flexibility index (Phi) is 6.74. The average Bonchev–Trinajstić information content (AvgIpc) is 2.77. The second-order valence-corrected chi connectivity index (χ2v) is 8.63. The molecule has 0 bridgehead atoms. The minimum absolute atomic E-state index is 0.190. The molecular weight excluding hydrogens is 400 g/mol. The van der Waals surface area contributed by atoms with Gasteiger partial charge in [0.15, 0.2) is 11.5 Å². The summed E-state index contributed by atoms with van der Waals surface area (Å²) < 4.78 is 37.5. The van der Waals surface area contributed by atoms with Crippen LogP contribution in [-0.4, -0.2) is 33.2 Å². The molecule has 156 valence electrons. The van der Waals surface area contributed by atoms with Gasteiger partial charge in [-0.05, 0) is 48.4 Å². The summed E-state index contributed by atoms with van der Waals surface area (Å²) in [5, 5.41) is 4.09. The van der Waals surface area contributed by atoms with Crippen LogP contribution in [0.2, 0.25) is 0 Å². The normalized spacial score (nSPS) is 11.4. The molecule has 0 amide bonds. The summed E-state index contributed by atoms with van der Waals surface area (Å²) in [6.45, 7) is 2.32. The Labute approximate surface area is 177 Å². The molecule has 0 aliphatic heterocycles. The highest BCUT2D eigenvalue weighted by Gasteiger charge is 2.18. The standard InChI is InChI=1S/C23H24N2O4S/c1-18-9-12-21(13-10-18)30(26,27)25(2)24-16-20-11-14-22(23(15-20)28-3)29-17-19-7-5-4-6-8-19/h4-16H,17H2,1-3H3. The third-order valence-electron chi connectivity index (χ3n) is 4.46. The topological polar surface area (TPSA) is 68.2 Å². The second-order valence-electron chi connectivity index (χ2n) is 6.68. The van der Waals surface area contributed by atoms with Crippen molar-refractivity contribution in [1.82, 2.24) is 4.41 Å². The van der Waals surface area contributed by atoms with Crippen molar-refractivity contribution in [3.8, 4) is 11.5 Å². The quantitative estimate of drug-likeness (QED) is 0.401. The van der Waals surface area contributed by atoms with E-state index < -0.39 is 10.0 Å². The van der Waals surface area contributed by atoms with Crippen LogP contribution >= 0.6 is 0 Å². The van der Waals surface area contributed by atoms with Gasteiger partial charge in [-0.3, -0.25) is 0 Å². The number of ether oxygens (including phenoxy) is 2. The van der Waals surface area contributed by atoms with Gasteiger partial charge in [-0.1, -0.05) is 48.0 Å². The third kappa shape index (κ3) is 5.18. The van der Waals surface area contributed by atoms with E-state index in [-0.39, 0.29) is 4.90 Å². The lowest BCUT2D eigenvalue weighted by molar-refractivity contribution is 0.284. The zero-order valence-electron chi connectivity index (χ0n) is 17.1. The van der Waals surface area contributed by atoms with Gasteiger partial charge < -0.3 is 9.47 Å². The van der Waals surface area contributed by atoms with E-state index in [0.717, 1.165) is 15.5 Å². The van der Waals surface area contributed by atoms with Gasteiger partial charge in [-0.15, -0.1) is 0 Å². The highest BCUT2D eigenvalue weighted by molar-refractivity contribution is 7.89. The lowest BCUT2D eigenvalue weighted by Crippen LogP contribution is -2.21. The van der Waals surface area contributed by atoms with Gasteiger partial charge in [0, 0.05) is 7.05 Å². The van der Waals surface area contributed by atoms with Crippen LogP contribution in [0.25, 0.3) is 0 Å². The Hall–Kier alpha value is -3.32. The number of benzene rings is 3.